The molecule has 0 aliphatic carbocycles. The van der Waals surface area contributed by atoms with E-state index < -0.39 is 42.4 Å². The van der Waals surface area contributed by atoms with Crippen LogP contribution in [-0.4, -0.2) is 57.1 Å². The Bertz CT molecular complexity index is 422. The van der Waals surface area contributed by atoms with Crippen LogP contribution in [0.2, 0.25) is 0 Å². The molecule has 22 heavy (non-hydrogen) atoms. The summed E-state index contributed by atoms with van der Waals surface area (Å²) >= 11 is 0. The number of Topliss-reactive ketones (excluding diaryl/α,β-unsaturated/α-hetero) is 1. The minimum Gasteiger partial charge on any atom is -0.481 e. The lowest BCUT2D eigenvalue weighted by atomic mass is 10.1. The number of rotatable bonds is 10. The summed E-state index contributed by atoms with van der Waals surface area (Å²) in [5, 5.41) is 30.3. The lowest BCUT2D eigenvalue weighted by molar-refractivity contribution is -0.141. The molecular formula is C12H18N2O8. The van der Waals surface area contributed by atoms with E-state index in [2.05, 4.69) is 0 Å². The molecule has 0 saturated carbocycles. The first-order valence-electron chi connectivity index (χ1n) is 6.37. The molecule has 0 aromatic heterocycles. The fraction of sp³-hybridized carbons (Fsp3) is 0.583. The van der Waals surface area contributed by atoms with Crippen molar-refractivity contribution in [3.05, 3.63) is 0 Å². The lowest BCUT2D eigenvalue weighted by Crippen LogP contribution is -2.51. The zero-order valence-corrected chi connectivity index (χ0v) is 11.9. The van der Waals surface area contributed by atoms with Crippen LogP contribution >= 0.6 is 0 Å². The van der Waals surface area contributed by atoms with Gasteiger partial charge in [0, 0.05) is 12.8 Å². The summed E-state index contributed by atoms with van der Waals surface area (Å²) in [4.78, 5) is 54.6. The quantitative estimate of drug-likeness (QED) is 0.356. The van der Waals surface area contributed by atoms with Crippen LogP contribution in [0, 0.1) is 0 Å². The summed E-state index contributed by atoms with van der Waals surface area (Å²) < 4.78 is 0. The Hall–Kier alpha value is -2.65. The number of urea groups is 1. The van der Waals surface area contributed by atoms with E-state index in [0.29, 0.717) is 0 Å². The summed E-state index contributed by atoms with van der Waals surface area (Å²) in [5.74, 6) is -4.28. The summed E-state index contributed by atoms with van der Waals surface area (Å²) in [6.45, 7) is 1.27. The van der Waals surface area contributed by atoms with Crippen LogP contribution in [-0.2, 0) is 19.2 Å². The second kappa shape index (κ2) is 9.32. The summed E-state index contributed by atoms with van der Waals surface area (Å²) in [5.41, 5.74) is 0. The maximum absolute atomic E-state index is 11.6. The van der Waals surface area contributed by atoms with Gasteiger partial charge in [0.1, 0.15) is 17.9 Å². The van der Waals surface area contributed by atoms with Gasteiger partial charge in [-0.15, -0.1) is 0 Å². The predicted octanol–water partition coefficient (Wildman–Crippen LogP) is -0.574. The maximum Gasteiger partial charge on any atom is 0.326 e. The fourth-order valence-electron chi connectivity index (χ4n) is 1.49. The number of carbonyl (C=O) groups excluding carboxylic acids is 2. The molecule has 2 amide bonds. The molecular weight excluding hydrogens is 300 g/mol. The standard InChI is InChI=1S/C12H18N2O8/c1-6(15)2-3-7(10(18)19)13-12(22)14-8(11(20)21)4-5-9(16)17/h7-8H,2-5H2,1H3,(H,16,17)(H,18,19)(H,20,21)(H2,13,14,22). The molecule has 2 unspecified atom stereocenters. The highest BCUT2D eigenvalue weighted by molar-refractivity contribution is 5.86. The molecule has 0 heterocycles. The largest absolute Gasteiger partial charge is 0.481 e. The van der Waals surface area contributed by atoms with Crippen molar-refractivity contribution in [1.82, 2.24) is 10.6 Å². The van der Waals surface area contributed by atoms with Crippen LogP contribution in [0.3, 0.4) is 0 Å². The van der Waals surface area contributed by atoms with Crippen molar-refractivity contribution in [2.24, 2.45) is 0 Å². The van der Waals surface area contributed by atoms with Crippen molar-refractivity contribution in [3.8, 4) is 0 Å². The van der Waals surface area contributed by atoms with Crippen LogP contribution in [0.25, 0.3) is 0 Å². The van der Waals surface area contributed by atoms with Crippen LogP contribution in [0.5, 0.6) is 0 Å². The fourth-order valence-corrected chi connectivity index (χ4v) is 1.49. The number of ketones is 1. The summed E-state index contributed by atoms with van der Waals surface area (Å²) in [7, 11) is 0. The van der Waals surface area contributed by atoms with Gasteiger partial charge in [-0.1, -0.05) is 0 Å². The Morgan fingerprint density at radius 1 is 0.818 bits per heavy atom. The average molecular weight is 318 g/mol. The van der Waals surface area contributed by atoms with Crippen molar-refractivity contribution < 1.29 is 39.3 Å². The topological polar surface area (TPSA) is 170 Å². The zero-order valence-electron chi connectivity index (χ0n) is 11.9. The number of carboxylic acids is 3. The second-order valence-electron chi connectivity index (χ2n) is 4.57. The highest BCUT2D eigenvalue weighted by atomic mass is 16.4. The van der Waals surface area contributed by atoms with E-state index in [-0.39, 0.29) is 25.0 Å². The van der Waals surface area contributed by atoms with Crippen molar-refractivity contribution >= 4 is 29.7 Å². The smallest absolute Gasteiger partial charge is 0.326 e. The summed E-state index contributed by atoms with van der Waals surface area (Å²) in [6, 6.07) is -3.87. The SMILES string of the molecule is CC(=O)CCC(NC(=O)NC(CCC(=O)O)C(=O)O)C(=O)O. The molecule has 10 nitrogen and oxygen atoms in total. The summed E-state index contributed by atoms with van der Waals surface area (Å²) in [6.07, 6.45) is -1.00. The van der Waals surface area contributed by atoms with Crippen LogP contribution in [0.15, 0.2) is 0 Å². The van der Waals surface area contributed by atoms with E-state index in [1.807, 2.05) is 10.6 Å². The Labute approximate surface area is 125 Å². The first kappa shape index (κ1) is 19.4. The van der Waals surface area contributed by atoms with E-state index in [4.69, 9.17) is 15.3 Å². The Morgan fingerprint density at radius 3 is 1.55 bits per heavy atom. The molecule has 124 valence electrons. The van der Waals surface area contributed by atoms with Crippen LogP contribution in [0.1, 0.15) is 32.6 Å². The molecule has 0 saturated heterocycles. The minimum atomic E-state index is -1.46. The number of carbonyl (C=O) groups is 5. The van der Waals surface area contributed by atoms with Crippen molar-refractivity contribution in [3.63, 3.8) is 0 Å². The number of aliphatic carboxylic acids is 3. The molecule has 5 N–H and O–H groups in total. The highest BCUT2D eigenvalue weighted by Crippen LogP contribution is 2.01. The zero-order chi connectivity index (χ0) is 17.3. The minimum absolute atomic E-state index is 0.0569. The third kappa shape index (κ3) is 8.51. The number of hydrogen-bond acceptors (Lipinski definition) is 5. The molecule has 0 aliphatic rings. The van der Waals surface area contributed by atoms with Gasteiger partial charge in [-0.3, -0.25) is 4.79 Å². The van der Waals surface area contributed by atoms with Gasteiger partial charge in [-0.25, -0.2) is 14.4 Å². The molecule has 10 heteroatoms. The van der Waals surface area contributed by atoms with E-state index in [9.17, 15) is 24.0 Å². The molecule has 0 aliphatic heterocycles. The molecule has 0 spiro atoms. The normalized spacial score (nSPS) is 12.8. The second-order valence-corrected chi connectivity index (χ2v) is 4.57. The number of nitrogens with one attached hydrogen (secondary N) is 2. The van der Waals surface area contributed by atoms with Gasteiger partial charge in [-0.05, 0) is 19.8 Å². The third-order valence-corrected chi connectivity index (χ3v) is 2.64. The van der Waals surface area contributed by atoms with Gasteiger partial charge in [0.05, 0.1) is 0 Å². The third-order valence-electron chi connectivity index (χ3n) is 2.64. The number of hydrogen-bond donors (Lipinski definition) is 5. The molecule has 0 fully saturated rings. The maximum atomic E-state index is 11.6. The van der Waals surface area contributed by atoms with Crippen molar-refractivity contribution in [2.45, 2.75) is 44.7 Å². The number of carboxylic acid groups (broad SMARTS) is 3. The molecule has 0 radical (unpaired) electrons. The predicted molar refractivity (Wildman–Crippen MR) is 71.3 cm³/mol. The monoisotopic (exact) mass is 318 g/mol. The highest BCUT2D eigenvalue weighted by Gasteiger charge is 2.24. The Morgan fingerprint density at radius 2 is 1.23 bits per heavy atom. The van der Waals surface area contributed by atoms with Crippen molar-refractivity contribution in [1.29, 1.82) is 0 Å². The van der Waals surface area contributed by atoms with Gasteiger partial charge in [-0.2, -0.15) is 0 Å². The van der Waals surface area contributed by atoms with Gasteiger partial charge in [0.2, 0.25) is 0 Å². The van der Waals surface area contributed by atoms with E-state index in [0.717, 1.165) is 0 Å². The van der Waals surface area contributed by atoms with Crippen LogP contribution < -0.4 is 10.6 Å². The lowest BCUT2D eigenvalue weighted by Gasteiger charge is -2.18. The van der Waals surface area contributed by atoms with Gasteiger partial charge in [0.25, 0.3) is 0 Å². The Balaban J connectivity index is 4.57. The first-order valence-corrected chi connectivity index (χ1v) is 6.37. The van der Waals surface area contributed by atoms with E-state index in [1.165, 1.54) is 6.92 Å². The molecule has 0 aromatic carbocycles. The van der Waals surface area contributed by atoms with E-state index in [1.54, 1.807) is 0 Å². The van der Waals surface area contributed by atoms with Gasteiger partial charge in [0.15, 0.2) is 0 Å². The average Bonchev–Trinajstić information content (AvgIpc) is 2.38. The molecule has 0 bridgehead atoms. The molecule has 0 rings (SSSR count). The van der Waals surface area contributed by atoms with Crippen molar-refractivity contribution in [2.75, 3.05) is 0 Å². The first-order chi connectivity index (χ1) is 10.1. The number of amides is 2. The molecule has 0 aromatic rings. The molecule has 2 atom stereocenters. The van der Waals surface area contributed by atoms with Gasteiger partial charge < -0.3 is 30.7 Å². The van der Waals surface area contributed by atoms with Gasteiger partial charge >= 0.3 is 23.9 Å². The van der Waals surface area contributed by atoms with E-state index >= 15 is 0 Å². The Kier molecular flexibility index (Phi) is 8.19. The van der Waals surface area contributed by atoms with Crippen LogP contribution in [0.4, 0.5) is 4.79 Å².